The van der Waals surface area contributed by atoms with E-state index in [0.29, 0.717) is 0 Å². The fourth-order valence-corrected chi connectivity index (χ4v) is 0.665. The largest absolute Gasteiger partial charge is 0.400 e. The van der Waals surface area contributed by atoms with Gasteiger partial charge in [-0.2, -0.15) is 13.2 Å². The van der Waals surface area contributed by atoms with Crippen molar-refractivity contribution in [1.82, 2.24) is 5.32 Å². The van der Waals surface area contributed by atoms with Gasteiger partial charge in [0.25, 0.3) is 0 Å². The van der Waals surface area contributed by atoms with Gasteiger partial charge in [0.2, 0.25) is 5.91 Å². The summed E-state index contributed by atoms with van der Waals surface area (Å²) in [4.78, 5) is 11.1. The summed E-state index contributed by atoms with van der Waals surface area (Å²) in [5, 5.41) is 2.33. The van der Waals surface area contributed by atoms with Crippen LogP contribution in [0.4, 0.5) is 13.2 Å². The number of hydrogen-bond acceptors (Lipinski definition) is 1. The van der Waals surface area contributed by atoms with E-state index in [4.69, 9.17) is 0 Å². The van der Waals surface area contributed by atoms with E-state index in [1.54, 1.807) is 6.92 Å². The molecule has 0 rings (SSSR count). The van der Waals surface area contributed by atoms with E-state index in [2.05, 4.69) is 5.32 Å². The molecular weight excluding hydrogens is 195 g/mol. The van der Waals surface area contributed by atoms with Crippen molar-refractivity contribution >= 4 is 5.91 Å². The van der Waals surface area contributed by atoms with Gasteiger partial charge in [-0.25, -0.2) is 0 Å². The molecule has 5 heteroatoms. The second-order valence-corrected chi connectivity index (χ2v) is 3.80. The summed E-state index contributed by atoms with van der Waals surface area (Å²) in [5.74, 6) is -2.78. The van der Waals surface area contributed by atoms with Crippen LogP contribution in [-0.2, 0) is 4.79 Å². The van der Waals surface area contributed by atoms with E-state index in [0.717, 1.165) is 6.92 Å². The van der Waals surface area contributed by atoms with E-state index in [1.807, 2.05) is 13.8 Å². The molecule has 0 aliphatic heterocycles. The number of rotatable bonds is 3. The Balaban J connectivity index is 4.23. The Morgan fingerprint density at radius 2 is 1.57 bits per heavy atom. The Morgan fingerprint density at radius 3 is 1.86 bits per heavy atom. The van der Waals surface area contributed by atoms with Crippen molar-refractivity contribution in [2.24, 2.45) is 11.8 Å². The molecule has 0 bridgehead atoms. The maximum Gasteiger partial charge on any atom is 0.400 e. The highest BCUT2D eigenvalue weighted by molar-refractivity contribution is 5.79. The molecule has 0 heterocycles. The van der Waals surface area contributed by atoms with Crippen LogP contribution < -0.4 is 5.32 Å². The van der Waals surface area contributed by atoms with Crippen LogP contribution in [0.2, 0.25) is 0 Å². The lowest BCUT2D eigenvalue weighted by Crippen LogP contribution is -2.43. The lowest BCUT2D eigenvalue weighted by Gasteiger charge is -2.21. The second-order valence-electron chi connectivity index (χ2n) is 3.80. The van der Waals surface area contributed by atoms with E-state index >= 15 is 0 Å². The van der Waals surface area contributed by atoms with Crippen LogP contribution in [0.5, 0.6) is 0 Å². The molecule has 2 atom stereocenters. The maximum atomic E-state index is 12.1. The SMILES string of the molecule is CC(C)[C@@H](C)NC(=O)C(C)C(F)(F)F. The van der Waals surface area contributed by atoms with Gasteiger partial charge < -0.3 is 5.32 Å². The molecule has 1 unspecified atom stereocenters. The average molecular weight is 211 g/mol. The van der Waals surface area contributed by atoms with Crippen molar-refractivity contribution in [2.45, 2.75) is 39.9 Å². The van der Waals surface area contributed by atoms with Gasteiger partial charge in [0.15, 0.2) is 0 Å². The Morgan fingerprint density at radius 1 is 1.14 bits per heavy atom. The van der Waals surface area contributed by atoms with E-state index in [-0.39, 0.29) is 12.0 Å². The molecule has 0 aromatic carbocycles. The summed E-state index contributed by atoms with van der Waals surface area (Å²) in [5.41, 5.74) is 0. The van der Waals surface area contributed by atoms with E-state index in [9.17, 15) is 18.0 Å². The first-order chi connectivity index (χ1) is 6.16. The molecule has 0 fully saturated rings. The zero-order valence-corrected chi connectivity index (χ0v) is 8.77. The number of carbonyl (C=O) groups is 1. The summed E-state index contributed by atoms with van der Waals surface area (Å²) in [6.45, 7) is 6.22. The molecule has 84 valence electrons. The minimum atomic E-state index is -4.46. The third-order valence-electron chi connectivity index (χ3n) is 2.25. The summed E-state index contributed by atoms with van der Waals surface area (Å²) >= 11 is 0. The molecule has 0 saturated carbocycles. The molecule has 1 amide bonds. The first-order valence-electron chi connectivity index (χ1n) is 4.53. The van der Waals surface area contributed by atoms with Crippen molar-refractivity contribution in [3.8, 4) is 0 Å². The summed E-state index contributed by atoms with van der Waals surface area (Å²) in [6.07, 6.45) is -4.46. The average Bonchev–Trinajstić information content (AvgIpc) is 2.00. The number of alkyl halides is 3. The van der Waals surface area contributed by atoms with E-state index in [1.165, 1.54) is 0 Å². The van der Waals surface area contributed by atoms with Crippen molar-refractivity contribution in [3.63, 3.8) is 0 Å². The molecule has 0 aliphatic carbocycles. The Bertz CT molecular complexity index is 201. The van der Waals surface area contributed by atoms with Gasteiger partial charge in [0.1, 0.15) is 5.92 Å². The summed E-state index contributed by atoms with van der Waals surface area (Å²) in [7, 11) is 0. The molecular formula is C9H16F3NO. The van der Waals surface area contributed by atoms with Gasteiger partial charge in [-0.3, -0.25) is 4.79 Å². The standard InChI is InChI=1S/C9H16F3NO/c1-5(2)7(4)13-8(14)6(3)9(10,11)12/h5-7H,1-4H3,(H,13,14)/t6?,7-/m1/s1. The Kier molecular flexibility index (Phi) is 4.42. The molecule has 1 N–H and O–H groups in total. The van der Waals surface area contributed by atoms with Gasteiger partial charge in [-0.15, -0.1) is 0 Å². The predicted octanol–water partition coefficient (Wildman–Crippen LogP) is 2.35. The van der Waals surface area contributed by atoms with Gasteiger partial charge in [0.05, 0.1) is 0 Å². The molecule has 0 aliphatic rings. The van der Waals surface area contributed by atoms with Crippen molar-refractivity contribution in [1.29, 1.82) is 0 Å². The number of hydrogen-bond donors (Lipinski definition) is 1. The second kappa shape index (κ2) is 4.66. The molecule has 0 saturated heterocycles. The first kappa shape index (κ1) is 13.3. The Hall–Kier alpha value is -0.740. The van der Waals surface area contributed by atoms with Crippen LogP contribution in [0.3, 0.4) is 0 Å². The van der Waals surface area contributed by atoms with Crippen LogP contribution in [0.1, 0.15) is 27.7 Å². The highest BCUT2D eigenvalue weighted by atomic mass is 19.4. The summed E-state index contributed by atoms with van der Waals surface area (Å²) < 4.78 is 36.3. The lowest BCUT2D eigenvalue weighted by atomic mass is 10.0. The number of nitrogens with one attached hydrogen (secondary N) is 1. The maximum absolute atomic E-state index is 12.1. The lowest BCUT2D eigenvalue weighted by molar-refractivity contribution is -0.179. The van der Waals surface area contributed by atoms with Crippen molar-refractivity contribution in [2.75, 3.05) is 0 Å². The minimum Gasteiger partial charge on any atom is -0.353 e. The number of carbonyl (C=O) groups excluding carboxylic acids is 1. The fraction of sp³-hybridized carbons (Fsp3) is 0.889. The van der Waals surface area contributed by atoms with Crippen LogP contribution >= 0.6 is 0 Å². The smallest absolute Gasteiger partial charge is 0.353 e. The Labute approximate surface area is 81.9 Å². The highest BCUT2D eigenvalue weighted by Gasteiger charge is 2.41. The topological polar surface area (TPSA) is 29.1 Å². The van der Waals surface area contributed by atoms with E-state index < -0.39 is 18.0 Å². The van der Waals surface area contributed by atoms with Crippen molar-refractivity contribution in [3.05, 3.63) is 0 Å². The number of halogens is 3. The third kappa shape index (κ3) is 3.98. The van der Waals surface area contributed by atoms with Gasteiger partial charge in [0, 0.05) is 6.04 Å². The van der Waals surface area contributed by atoms with Crippen LogP contribution in [0.15, 0.2) is 0 Å². The number of amides is 1. The molecule has 2 nitrogen and oxygen atoms in total. The summed E-state index contributed by atoms with van der Waals surface area (Å²) in [6, 6.07) is -0.243. The van der Waals surface area contributed by atoms with Crippen LogP contribution in [-0.4, -0.2) is 18.1 Å². The minimum absolute atomic E-state index is 0.124. The predicted molar refractivity (Wildman–Crippen MR) is 47.7 cm³/mol. The van der Waals surface area contributed by atoms with Crippen LogP contribution in [0.25, 0.3) is 0 Å². The van der Waals surface area contributed by atoms with Gasteiger partial charge in [-0.05, 0) is 19.8 Å². The molecule has 0 aromatic rings. The highest BCUT2D eigenvalue weighted by Crippen LogP contribution is 2.25. The molecule has 0 aromatic heterocycles. The first-order valence-corrected chi connectivity index (χ1v) is 4.53. The zero-order chi connectivity index (χ0) is 11.5. The van der Waals surface area contributed by atoms with Gasteiger partial charge in [-0.1, -0.05) is 13.8 Å². The zero-order valence-electron chi connectivity index (χ0n) is 8.77. The third-order valence-corrected chi connectivity index (χ3v) is 2.25. The molecule has 14 heavy (non-hydrogen) atoms. The van der Waals surface area contributed by atoms with Crippen LogP contribution in [0, 0.1) is 11.8 Å². The molecule has 0 radical (unpaired) electrons. The molecule has 0 spiro atoms. The quantitative estimate of drug-likeness (QED) is 0.762. The van der Waals surface area contributed by atoms with Gasteiger partial charge >= 0.3 is 6.18 Å². The van der Waals surface area contributed by atoms with Crippen molar-refractivity contribution < 1.29 is 18.0 Å². The fourth-order valence-electron chi connectivity index (χ4n) is 0.665. The normalized spacial score (nSPS) is 16.6. The monoisotopic (exact) mass is 211 g/mol.